The second-order valence-corrected chi connectivity index (χ2v) is 5.65. The average molecular weight is 360 g/mol. The zero-order valence-corrected chi connectivity index (χ0v) is 14.5. The molecule has 0 saturated carbocycles. The highest BCUT2D eigenvalue weighted by Crippen LogP contribution is 2.37. The number of hydrogen-bond acceptors (Lipinski definition) is 4. The summed E-state index contributed by atoms with van der Waals surface area (Å²) < 4.78 is 12.4. The van der Waals surface area contributed by atoms with Gasteiger partial charge >= 0.3 is 0 Å². The number of aliphatic hydroxyl groups is 1. The van der Waals surface area contributed by atoms with E-state index in [-0.39, 0.29) is 6.61 Å². The predicted molar refractivity (Wildman–Crippen MR) is 89.1 cm³/mol. The van der Waals surface area contributed by atoms with Gasteiger partial charge in [0.1, 0.15) is 0 Å². The molecule has 1 aromatic carbocycles. The van der Waals surface area contributed by atoms with Crippen molar-refractivity contribution in [2.24, 2.45) is 0 Å². The van der Waals surface area contributed by atoms with Gasteiger partial charge in [-0.05, 0) is 66.4 Å². The second-order valence-electron chi connectivity index (χ2n) is 4.79. The fraction of sp³-hybridized carbons (Fsp3) is 0.625. The predicted octanol–water partition coefficient (Wildman–Crippen LogP) is 3.50. The quantitative estimate of drug-likeness (QED) is 0.593. The molecule has 0 aliphatic rings. The lowest BCUT2D eigenvalue weighted by atomic mass is 10.2. The average Bonchev–Trinajstić information content (AvgIpc) is 2.46. The summed E-state index contributed by atoms with van der Waals surface area (Å²) in [5, 5.41) is 12.1. The topological polar surface area (TPSA) is 50.7 Å². The number of halogens is 1. The highest BCUT2D eigenvalue weighted by atomic mass is 79.9. The molecule has 4 nitrogen and oxygen atoms in total. The van der Waals surface area contributed by atoms with Crippen molar-refractivity contribution in [2.75, 3.05) is 26.4 Å². The van der Waals surface area contributed by atoms with Crippen LogP contribution in [0.15, 0.2) is 16.6 Å². The minimum atomic E-state index is 0.255. The zero-order valence-electron chi connectivity index (χ0n) is 13.0. The van der Waals surface area contributed by atoms with E-state index < -0.39 is 0 Å². The second kappa shape index (κ2) is 10.9. The Morgan fingerprint density at radius 2 is 2.00 bits per heavy atom. The molecule has 0 radical (unpaired) electrons. The molecular weight excluding hydrogens is 334 g/mol. The van der Waals surface area contributed by atoms with E-state index in [9.17, 15) is 0 Å². The largest absolute Gasteiger partial charge is 0.490 e. The van der Waals surface area contributed by atoms with Crippen LogP contribution in [0.1, 0.15) is 38.7 Å². The molecule has 21 heavy (non-hydrogen) atoms. The normalized spacial score (nSPS) is 10.7. The lowest BCUT2D eigenvalue weighted by molar-refractivity contribution is 0.275. The SMILES string of the molecule is CCCOc1c(Br)cc(CNCCCCO)cc1OCC. The maximum absolute atomic E-state index is 8.75. The van der Waals surface area contributed by atoms with Crippen LogP contribution in [0.4, 0.5) is 0 Å². The minimum Gasteiger partial charge on any atom is -0.490 e. The van der Waals surface area contributed by atoms with Crippen molar-refractivity contribution in [3.05, 3.63) is 22.2 Å². The molecule has 0 bridgehead atoms. The van der Waals surface area contributed by atoms with Crippen molar-refractivity contribution in [2.45, 2.75) is 39.7 Å². The van der Waals surface area contributed by atoms with Gasteiger partial charge in [-0.1, -0.05) is 6.92 Å². The van der Waals surface area contributed by atoms with E-state index in [0.717, 1.165) is 53.9 Å². The number of hydrogen-bond donors (Lipinski definition) is 2. The van der Waals surface area contributed by atoms with Gasteiger partial charge in [-0.25, -0.2) is 0 Å². The van der Waals surface area contributed by atoms with E-state index in [1.54, 1.807) is 0 Å². The first-order valence-electron chi connectivity index (χ1n) is 7.62. The van der Waals surface area contributed by atoms with Crippen molar-refractivity contribution in [1.29, 1.82) is 0 Å². The first kappa shape index (κ1) is 18.3. The summed E-state index contributed by atoms with van der Waals surface area (Å²) >= 11 is 3.57. The summed E-state index contributed by atoms with van der Waals surface area (Å²) in [6.45, 7) is 7.27. The molecule has 0 aliphatic carbocycles. The lowest BCUT2D eigenvalue weighted by Gasteiger charge is -2.15. The fourth-order valence-electron chi connectivity index (χ4n) is 1.93. The molecule has 0 heterocycles. The summed E-state index contributed by atoms with van der Waals surface area (Å²) in [6.07, 6.45) is 2.78. The maximum atomic E-state index is 8.75. The summed E-state index contributed by atoms with van der Waals surface area (Å²) in [5.74, 6) is 1.57. The van der Waals surface area contributed by atoms with Gasteiger partial charge in [-0.15, -0.1) is 0 Å². The highest BCUT2D eigenvalue weighted by Gasteiger charge is 2.12. The Morgan fingerprint density at radius 3 is 2.67 bits per heavy atom. The van der Waals surface area contributed by atoms with E-state index in [1.165, 1.54) is 0 Å². The van der Waals surface area contributed by atoms with Crippen LogP contribution in [0.3, 0.4) is 0 Å². The first-order valence-corrected chi connectivity index (χ1v) is 8.41. The van der Waals surface area contributed by atoms with Crippen LogP contribution in [0.5, 0.6) is 11.5 Å². The van der Waals surface area contributed by atoms with E-state index in [4.69, 9.17) is 14.6 Å². The third-order valence-corrected chi connectivity index (χ3v) is 3.50. The van der Waals surface area contributed by atoms with Crippen molar-refractivity contribution in [3.63, 3.8) is 0 Å². The van der Waals surface area contributed by atoms with Crippen molar-refractivity contribution in [1.82, 2.24) is 5.32 Å². The fourth-order valence-corrected chi connectivity index (χ4v) is 2.53. The van der Waals surface area contributed by atoms with Crippen LogP contribution in [0, 0.1) is 0 Å². The van der Waals surface area contributed by atoms with Gasteiger partial charge in [0.2, 0.25) is 0 Å². The van der Waals surface area contributed by atoms with E-state index in [0.29, 0.717) is 13.2 Å². The Hall–Kier alpha value is -0.780. The van der Waals surface area contributed by atoms with E-state index in [1.807, 2.05) is 13.0 Å². The number of ether oxygens (including phenoxy) is 2. The van der Waals surface area contributed by atoms with Crippen molar-refractivity contribution >= 4 is 15.9 Å². The van der Waals surface area contributed by atoms with Crippen molar-refractivity contribution in [3.8, 4) is 11.5 Å². The van der Waals surface area contributed by atoms with Crippen LogP contribution in [0.25, 0.3) is 0 Å². The smallest absolute Gasteiger partial charge is 0.175 e. The standard InChI is InChI=1S/C16H26BrNO3/c1-3-9-21-16-14(17)10-13(11-15(16)20-4-2)12-18-7-5-6-8-19/h10-11,18-19H,3-9,12H2,1-2H3. The minimum absolute atomic E-state index is 0.255. The monoisotopic (exact) mass is 359 g/mol. The summed E-state index contributed by atoms with van der Waals surface area (Å²) in [7, 11) is 0. The molecule has 5 heteroatoms. The molecular formula is C16H26BrNO3. The Morgan fingerprint density at radius 1 is 1.19 bits per heavy atom. The van der Waals surface area contributed by atoms with Gasteiger partial charge in [0.05, 0.1) is 17.7 Å². The Labute approximate surface area is 136 Å². The van der Waals surface area contributed by atoms with Crippen LogP contribution in [0.2, 0.25) is 0 Å². The number of nitrogens with one attached hydrogen (secondary N) is 1. The molecule has 2 N–H and O–H groups in total. The number of aliphatic hydroxyl groups excluding tert-OH is 1. The van der Waals surface area contributed by atoms with E-state index in [2.05, 4.69) is 34.2 Å². The highest BCUT2D eigenvalue weighted by molar-refractivity contribution is 9.10. The molecule has 0 amide bonds. The van der Waals surface area contributed by atoms with Crippen LogP contribution in [-0.4, -0.2) is 31.5 Å². The third-order valence-electron chi connectivity index (χ3n) is 2.91. The summed E-state index contributed by atoms with van der Waals surface area (Å²) in [4.78, 5) is 0. The Kier molecular flexibility index (Phi) is 9.46. The van der Waals surface area contributed by atoms with Gasteiger partial charge in [0, 0.05) is 13.2 Å². The Balaban J connectivity index is 2.68. The maximum Gasteiger partial charge on any atom is 0.175 e. The number of unbranched alkanes of at least 4 members (excludes halogenated alkanes) is 1. The van der Waals surface area contributed by atoms with E-state index >= 15 is 0 Å². The van der Waals surface area contributed by atoms with Gasteiger partial charge in [-0.2, -0.15) is 0 Å². The molecule has 1 aromatic rings. The molecule has 0 aromatic heterocycles. The molecule has 0 atom stereocenters. The molecule has 0 aliphatic heterocycles. The lowest BCUT2D eigenvalue weighted by Crippen LogP contribution is -2.15. The molecule has 0 fully saturated rings. The van der Waals surface area contributed by atoms with Gasteiger partial charge in [0.15, 0.2) is 11.5 Å². The summed E-state index contributed by atoms with van der Waals surface area (Å²) in [6, 6.07) is 4.09. The van der Waals surface area contributed by atoms with Gasteiger partial charge < -0.3 is 19.9 Å². The number of benzene rings is 1. The van der Waals surface area contributed by atoms with Gasteiger partial charge in [-0.3, -0.25) is 0 Å². The molecule has 1 rings (SSSR count). The molecule has 0 spiro atoms. The zero-order chi connectivity index (χ0) is 15.5. The molecule has 120 valence electrons. The van der Waals surface area contributed by atoms with Crippen LogP contribution < -0.4 is 14.8 Å². The van der Waals surface area contributed by atoms with Gasteiger partial charge in [0.25, 0.3) is 0 Å². The Bertz CT molecular complexity index is 413. The van der Waals surface area contributed by atoms with Crippen LogP contribution in [-0.2, 0) is 6.54 Å². The summed E-state index contributed by atoms with van der Waals surface area (Å²) in [5.41, 5.74) is 1.15. The number of rotatable bonds is 11. The van der Waals surface area contributed by atoms with Crippen LogP contribution >= 0.6 is 15.9 Å². The third kappa shape index (κ3) is 6.68. The molecule has 0 saturated heterocycles. The molecule has 0 unspecified atom stereocenters. The first-order chi connectivity index (χ1) is 10.2. The van der Waals surface area contributed by atoms with Crippen molar-refractivity contribution < 1.29 is 14.6 Å².